The number of halogens is 1. The lowest BCUT2D eigenvalue weighted by Crippen LogP contribution is -2.03. The van der Waals surface area contributed by atoms with Crippen LogP contribution in [0.15, 0.2) is 42.6 Å². The number of hydrogen-bond acceptors (Lipinski definition) is 8. The average molecular weight is 388 g/mol. The van der Waals surface area contributed by atoms with Gasteiger partial charge in [0.15, 0.2) is 5.82 Å². The Morgan fingerprint density at radius 3 is 2.30 bits per heavy atom. The van der Waals surface area contributed by atoms with Gasteiger partial charge in [-0.25, -0.2) is 0 Å². The highest BCUT2D eigenvalue weighted by atomic mass is 35.5. The van der Waals surface area contributed by atoms with Gasteiger partial charge < -0.3 is 24.8 Å². The molecule has 140 valence electrons. The third-order valence-corrected chi connectivity index (χ3v) is 3.94. The molecule has 0 aliphatic heterocycles. The Kier molecular flexibility index (Phi) is 5.77. The van der Waals surface area contributed by atoms with Crippen molar-refractivity contribution in [2.24, 2.45) is 0 Å². The van der Waals surface area contributed by atoms with Crippen molar-refractivity contribution in [3.63, 3.8) is 0 Å². The van der Waals surface area contributed by atoms with Gasteiger partial charge in [0.05, 0.1) is 38.2 Å². The Bertz CT molecular complexity index is 921. The molecule has 1 heterocycles. The Labute approximate surface area is 161 Å². The van der Waals surface area contributed by atoms with Gasteiger partial charge in [0.2, 0.25) is 5.95 Å². The summed E-state index contributed by atoms with van der Waals surface area (Å²) < 4.78 is 15.7. The molecule has 0 fully saturated rings. The number of methoxy groups -OCH3 is 3. The molecule has 2 aromatic carbocycles. The molecule has 2 N–H and O–H groups in total. The van der Waals surface area contributed by atoms with Crippen LogP contribution in [0.2, 0.25) is 5.02 Å². The first-order valence-corrected chi connectivity index (χ1v) is 8.30. The number of hydrogen-bond donors (Lipinski definition) is 2. The fourth-order valence-corrected chi connectivity index (χ4v) is 2.55. The van der Waals surface area contributed by atoms with E-state index in [9.17, 15) is 0 Å². The van der Waals surface area contributed by atoms with E-state index in [0.29, 0.717) is 34.0 Å². The minimum Gasteiger partial charge on any atom is -0.497 e. The summed E-state index contributed by atoms with van der Waals surface area (Å²) in [5.74, 6) is 2.63. The van der Waals surface area contributed by atoms with E-state index in [1.807, 2.05) is 24.3 Å². The molecule has 27 heavy (non-hydrogen) atoms. The summed E-state index contributed by atoms with van der Waals surface area (Å²) in [6.07, 6.45) is 1.50. The lowest BCUT2D eigenvalue weighted by atomic mass is 10.2. The van der Waals surface area contributed by atoms with Crippen molar-refractivity contribution >= 4 is 34.7 Å². The van der Waals surface area contributed by atoms with Crippen LogP contribution < -0.4 is 24.8 Å². The van der Waals surface area contributed by atoms with E-state index in [4.69, 9.17) is 25.8 Å². The largest absolute Gasteiger partial charge is 0.497 e. The van der Waals surface area contributed by atoms with Crippen LogP contribution in [0, 0.1) is 0 Å². The quantitative estimate of drug-likeness (QED) is 0.627. The number of benzene rings is 2. The first-order chi connectivity index (χ1) is 13.1. The van der Waals surface area contributed by atoms with Gasteiger partial charge in [0, 0.05) is 17.8 Å². The van der Waals surface area contributed by atoms with Crippen LogP contribution in [0.5, 0.6) is 17.2 Å². The number of ether oxygens (including phenoxy) is 3. The molecule has 3 rings (SSSR count). The highest BCUT2D eigenvalue weighted by molar-refractivity contribution is 6.32. The van der Waals surface area contributed by atoms with E-state index in [1.54, 1.807) is 33.5 Å². The van der Waals surface area contributed by atoms with Crippen LogP contribution in [0.25, 0.3) is 0 Å². The fourth-order valence-electron chi connectivity index (χ4n) is 2.32. The van der Waals surface area contributed by atoms with Crippen molar-refractivity contribution in [3.05, 3.63) is 47.6 Å². The molecular weight excluding hydrogens is 370 g/mol. The van der Waals surface area contributed by atoms with E-state index in [-0.39, 0.29) is 0 Å². The van der Waals surface area contributed by atoms with Crippen molar-refractivity contribution < 1.29 is 14.2 Å². The zero-order chi connectivity index (χ0) is 19.2. The summed E-state index contributed by atoms with van der Waals surface area (Å²) in [5.41, 5.74) is 1.44. The smallest absolute Gasteiger partial charge is 0.249 e. The lowest BCUT2D eigenvalue weighted by molar-refractivity contribution is 0.405. The molecule has 3 aromatic rings. The number of nitrogens with zero attached hydrogens (tertiary/aromatic N) is 3. The standard InChI is InChI=1S/C18H18ClN5O3/c1-25-12-6-4-11(5-7-12)21-18-23-17(10-20-24-18)22-14-9-15(26-2)13(19)8-16(14)27-3/h4-10H,1-3H3,(H2,21,22,23,24). The SMILES string of the molecule is COc1ccc(Nc2nncc(Nc3cc(OC)c(Cl)cc3OC)n2)cc1. The van der Waals surface area contributed by atoms with E-state index in [2.05, 4.69) is 25.8 Å². The van der Waals surface area contributed by atoms with Crippen LogP contribution in [-0.2, 0) is 0 Å². The summed E-state index contributed by atoms with van der Waals surface area (Å²) in [7, 11) is 4.71. The van der Waals surface area contributed by atoms with Crippen molar-refractivity contribution in [2.75, 3.05) is 32.0 Å². The second-order valence-electron chi connectivity index (χ2n) is 5.33. The van der Waals surface area contributed by atoms with Crippen molar-refractivity contribution in [1.29, 1.82) is 0 Å². The first kappa shape index (κ1) is 18.5. The van der Waals surface area contributed by atoms with Crippen molar-refractivity contribution in [2.45, 2.75) is 0 Å². The van der Waals surface area contributed by atoms with E-state index in [1.165, 1.54) is 6.20 Å². The first-order valence-electron chi connectivity index (χ1n) is 7.92. The minimum atomic E-state index is 0.338. The predicted molar refractivity (Wildman–Crippen MR) is 104 cm³/mol. The summed E-state index contributed by atoms with van der Waals surface area (Å²) in [4.78, 5) is 4.40. The highest BCUT2D eigenvalue weighted by Gasteiger charge is 2.11. The summed E-state index contributed by atoms with van der Waals surface area (Å²) in [5, 5.41) is 14.6. The topological polar surface area (TPSA) is 90.4 Å². The Morgan fingerprint density at radius 2 is 1.63 bits per heavy atom. The van der Waals surface area contributed by atoms with Crippen molar-refractivity contribution in [3.8, 4) is 17.2 Å². The number of nitrogens with one attached hydrogen (secondary N) is 2. The van der Waals surface area contributed by atoms with Crippen LogP contribution in [-0.4, -0.2) is 36.5 Å². The molecule has 1 aromatic heterocycles. The third kappa shape index (κ3) is 4.48. The molecule has 0 atom stereocenters. The van der Waals surface area contributed by atoms with Gasteiger partial charge in [0.1, 0.15) is 17.2 Å². The zero-order valence-corrected chi connectivity index (χ0v) is 15.7. The van der Waals surface area contributed by atoms with E-state index in [0.717, 1.165) is 11.4 Å². The maximum absolute atomic E-state index is 6.13. The highest BCUT2D eigenvalue weighted by Crippen LogP contribution is 2.37. The molecule has 0 bridgehead atoms. The maximum atomic E-state index is 6.13. The second kappa shape index (κ2) is 8.41. The van der Waals surface area contributed by atoms with Gasteiger partial charge in [-0.1, -0.05) is 11.6 Å². The molecule has 0 radical (unpaired) electrons. The molecule has 9 heteroatoms. The molecule has 0 amide bonds. The maximum Gasteiger partial charge on any atom is 0.249 e. The molecule has 0 saturated carbocycles. The van der Waals surface area contributed by atoms with Crippen LogP contribution in [0.3, 0.4) is 0 Å². The summed E-state index contributed by atoms with van der Waals surface area (Å²) in [6.45, 7) is 0. The van der Waals surface area contributed by atoms with Crippen LogP contribution in [0.4, 0.5) is 23.1 Å². The minimum absolute atomic E-state index is 0.338. The third-order valence-electron chi connectivity index (χ3n) is 3.64. The Balaban J connectivity index is 1.81. The molecule has 0 aliphatic carbocycles. The van der Waals surface area contributed by atoms with Crippen LogP contribution >= 0.6 is 11.6 Å². The van der Waals surface area contributed by atoms with Gasteiger partial charge in [-0.05, 0) is 24.3 Å². The molecule has 0 spiro atoms. The monoisotopic (exact) mass is 387 g/mol. The van der Waals surface area contributed by atoms with Gasteiger partial charge in [-0.3, -0.25) is 0 Å². The molecule has 0 saturated heterocycles. The predicted octanol–water partition coefficient (Wildman–Crippen LogP) is 4.04. The number of anilines is 4. The number of rotatable bonds is 7. The average Bonchev–Trinajstić information content (AvgIpc) is 2.70. The van der Waals surface area contributed by atoms with Gasteiger partial charge in [0.25, 0.3) is 0 Å². The Hall–Kier alpha value is -3.26. The summed E-state index contributed by atoms with van der Waals surface area (Å²) >= 11 is 6.13. The zero-order valence-electron chi connectivity index (χ0n) is 15.0. The van der Waals surface area contributed by atoms with Gasteiger partial charge in [-0.2, -0.15) is 10.1 Å². The molecule has 0 aliphatic rings. The van der Waals surface area contributed by atoms with Gasteiger partial charge >= 0.3 is 0 Å². The normalized spacial score (nSPS) is 10.2. The second-order valence-corrected chi connectivity index (χ2v) is 5.74. The molecular formula is C18H18ClN5O3. The summed E-state index contributed by atoms with van der Waals surface area (Å²) in [6, 6.07) is 10.8. The van der Waals surface area contributed by atoms with E-state index >= 15 is 0 Å². The van der Waals surface area contributed by atoms with Crippen molar-refractivity contribution in [1.82, 2.24) is 15.2 Å². The number of aromatic nitrogens is 3. The fraction of sp³-hybridized carbons (Fsp3) is 0.167. The van der Waals surface area contributed by atoms with Crippen LogP contribution in [0.1, 0.15) is 0 Å². The molecule has 8 nitrogen and oxygen atoms in total. The Morgan fingerprint density at radius 1 is 0.889 bits per heavy atom. The lowest BCUT2D eigenvalue weighted by Gasteiger charge is -2.13. The van der Waals surface area contributed by atoms with Gasteiger partial charge in [-0.15, -0.1) is 5.10 Å². The van der Waals surface area contributed by atoms with E-state index < -0.39 is 0 Å². The molecule has 0 unspecified atom stereocenters.